The molecule has 0 rings (SSSR count). The van der Waals surface area contributed by atoms with E-state index in [4.69, 9.17) is 0 Å². The highest BCUT2D eigenvalue weighted by atomic mass is 16.1. The van der Waals surface area contributed by atoms with E-state index in [1.54, 1.807) is 0 Å². The standard InChI is InChI=1S/C11H20O/c1-5-10(4)6-7-11(12)8-9(2)3/h9H,4-8H2,1-3H3. The topological polar surface area (TPSA) is 17.1 Å². The number of carbonyl (C=O) groups is 1. The van der Waals surface area contributed by atoms with Crippen LogP contribution in [0.1, 0.15) is 46.5 Å². The fraction of sp³-hybridized carbons (Fsp3) is 0.727. The fourth-order valence-corrected chi connectivity index (χ4v) is 1.05. The SMILES string of the molecule is C=C(CC)CCC(=O)CC(C)C. The molecule has 0 radical (unpaired) electrons. The van der Waals surface area contributed by atoms with Crippen molar-refractivity contribution in [2.24, 2.45) is 5.92 Å². The summed E-state index contributed by atoms with van der Waals surface area (Å²) in [4.78, 5) is 11.2. The Kier molecular flexibility index (Phi) is 5.69. The van der Waals surface area contributed by atoms with Gasteiger partial charge in [0.05, 0.1) is 0 Å². The maximum atomic E-state index is 11.2. The molecule has 0 amide bonds. The van der Waals surface area contributed by atoms with E-state index in [0.717, 1.165) is 19.3 Å². The summed E-state index contributed by atoms with van der Waals surface area (Å²) in [7, 11) is 0. The molecule has 70 valence electrons. The molecule has 0 saturated carbocycles. The van der Waals surface area contributed by atoms with Crippen molar-refractivity contribution in [1.29, 1.82) is 0 Å². The highest BCUT2D eigenvalue weighted by molar-refractivity contribution is 5.78. The molecule has 0 unspecified atom stereocenters. The zero-order chi connectivity index (χ0) is 9.56. The van der Waals surface area contributed by atoms with Crippen LogP contribution in [0, 0.1) is 5.92 Å². The van der Waals surface area contributed by atoms with Gasteiger partial charge in [-0.3, -0.25) is 4.79 Å². The van der Waals surface area contributed by atoms with Gasteiger partial charge in [0.2, 0.25) is 0 Å². The van der Waals surface area contributed by atoms with Crippen LogP contribution in [0.15, 0.2) is 12.2 Å². The smallest absolute Gasteiger partial charge is 0.133 e. The molecule has 1 heteroatoms. The molecule has 0 fully saturated rings. The van der Waals surface area contributed by atoms with E-state index in [0.29, 0.717) is 18.1 Å². The van der Waals surface area contributed by atoms with Crippen LogP contribution in [0.2, 0.25) is 0 Å². The Hall–Kier alpha value is -0.590. The molecular weight excluding hydrogens is 148 g/mol. The van der Waals surface area contributed by atoms with Crippen LogP contribution in [0.3, 0.4) is 0 Å². The predicted octanol–water partition coefficient (Wildman–Crippen LogP) is 3.35. The lowest BCUT2D eigenvalue weighted by atomic mass is 10.0. The summed E-state index contributed by atoms with van der Waals surface area (Å²) in [5, 5.41) is 0. The monoisotopic (exact) mass is 168 g/mol. The minimum absolute atomic E-state index is 0.375. The van der Waals surface area contributed by atoms with Gasteiger partial charge in [-0.05, 0) is 18.8 Å². The van der Waals surface area contributed by atoms with Crippen molar-refractivity contribution in [3.8, 4) is 0 Å². The Morgan fingerprint density at radius 1 is 1.33 bits per heavy atom. The largest absolute Gasteiger partial charge is 0.300 e. The van der Waals surface area contributed by atoms with Crippen molar-refractivity contribution in [3.05, 3.63) is 12.2 Å². The van der Waals surface area contributed by atoms with E-state index in [2.05, 4.69) is 27.4 Å². The number of allylic oxidation sites excluding steroid dienone is 1. The number of ketones is 1. The van der Waals surface area contributed by atoms with Crippen molar-refractivity contribution in [3.63, 3.8) is 0 Å². The van der Waals surface area contributed by atoms with E-state index >= 15 is 0 Å². The summed E-state index contributed by atoms with van der Waals surface area (Å²) in [6.45, 7) is 10.1. The molecule has 0 heterocycles. The summed E-state index contributed by atoms with van der Waals surface area (Å²) >= 11 is 0. The third kappa shape index (κ3) is 6.14. The minimum atomic E-state index is 0.375. The summed E-state index contributed by atoms with van der Waals surface area (Å²) in [6.07, 6.45) is 3.28. The number of carbonyl (C=O) groups excluding carboxylic acids is 1. The Bertz CT molecular complexity index is 156. The van der Waals surface area contributed by atoms with Crippen molar-refractivity contribution >= 4 is 5.78 Å². The molecule has 0 aliphatic rings. The van der Waals surface area contributed by atoms with Crippen LogP contribution in [-0.4, -0.2) is 5.78 Å². The molecule has 0 aliphatic heterocycles. The first-order chi connectivity index (χ1) is 5.56. The predicted molar refractivity (Wildman–Crippen MR) is 53.1 cm³/mol. The van der Waals surface area contributed by atoms with E-state index in [-0.39, 0.29) is 0 Å². The van der Waals surface area contributed by atoms with Crippen LogP contribution >= 0.6 is 0 Å². The zero-order valence-corrected chi connectivity index (χ0v) is 8.52. The molecule has 0 bridgehead atoms. The van der Waals surface area contributed by atoms with Gasteiger partial charge in [-0.2, -0.15) is 0 Å². The Morgan fingerprint density at radius 3 is 2.33 bits per heavy atom. The Labute approximate surface area is 75.9 Å². The summed E-state index contributed by atoms with van der Waals surface area (Å²) < 4.78 is 0. The van der Waals surface area contributed by atoms with Gasteiger partial charge in [-0.25, -0.2) is 0 Å². The van der Waals surface area contributed by atoms with E-state index < -0.39 is 0 Å². The summed E-state index contributed by atoms with van der Waals surface area (Å²) in [5.41, 5.74) is 1.19. The average molecular weight is 168 g/mol. The Morgan fingerprint density at radius 2 is 1.92 bits per heavy atom. The van der Waals surface area contributed by atoms with Crippen LogP contribution < -0.4 is 0 Å². The van der Waals surface area contributed by atoms with E-state index in [1.807, 2.05) is 0 Å². The molecule has 0 spiro atoms. The molecule has 0 saturated heterocycles. The van der Waals surface area contributed by atoms with Crippen molar-refractivity contribution in [1.82, 2.24) is 0 Å². The minimum Gasteiger partial charge on any atom is -0.300 e. The second-order valence-corrected chi connectivity index (χ2v) is 3.74. The maximum Gasteiger partial charge on any atom is 0.133 e. The van der Waals surface area contributed by atoms with Gasteiger partial charge >= 0.3 is 0 Å². The van der Waals surface area contributed by atoms with Crippen molar-refractivity contribution in [2.75, 3.05) is 0 Å². The third-order valence-electron chi connectivity index (χ3n) is 1.89. The van der Waals surface area contributed by atoms with Gasteiger partial charge in [0.15, 0.2) is 0 Å². The highest BCUT2D eigenvalue weighted by Gasteiger charge is 2.04. The van der Waals surface area contributed by atoms with Gasteiger partial charge < -0.3 is 0 Å². The van der Waals surface area contributed by atoms with Crippen LogP contribution in [0.4, 0.5) is 0 Å². The molecule has 12 heavy (non-hydrogen) atoms. The maximum absolute atomic E-state index is 11.2. The molecule has 1 nitrogen and oxygen atoms in total. The number of hydrogen-bond donors (Lipinski definition) is 0. The number of hydrogen-bond acceptors (Lipinski definition) is 1. The molecule has 0 atom stereocenters. The van der Waals surface area contributed by atoms with E-state index in [1.165, 1.54) is 5.57 Å². The number of Topliss-reactive ketones (excluding diaryl/α,β-unsaturated/α-hetero) is 1. The second-order valence-electron chi connectivity index (χ2n) is 3.74. The summed E-state index contributed by atoms with van der Waals surface area (Å²) in [6, 6.07) is 0. The summed E-state index contributed by atoms with van der Waals surface area (Å²) in [5.74, 6) is 0.868. The number of rotatable bonds is 6. The van der Waals surface area contributed by atoms with E-state index in [9.17, 15) is 4.79 Å². The molecule has 0 aliphatic carbocycles. The average Bonchev–Trinajstić information content (AvgIpc) is 1.99. The normalized spacial score (nSPS) is 10.3. The first-order valence-corrected chi connectivity index (χ1v) is 4.74. The quantitative estimate of drug-likeness (QED) is 0.556. The van der Waals surface area contributed by atoms with Gasteiger partial charge in [0.25, 0.3) is 0 Å². The van der Waals surface area contributed by atoms with Crippen LogP contribution in [0.5, 0.6) is 0 Å². The van der Waals surface area contributed by atoms with Gasteiger partial charge in [0, 0.05) is 12.8 Å². The second kappa shape index (κ2) is 5.99. The molecule has 0 aromatic rings. The van der Waals surface area contributed by atoms with Crippen molar-refractivity contribution in [2.45, 2.75) is 46.5 Å². The highest BCUT2D eigenvalue weighted by Crippen LogP contribution is 2.10. The molecule has 0 N–H and O–H groups in total. The van der Waals surface area contributed by atoms with Crippen molar-refractivity contribution < 1.29 is 4.79 Å². The third-order valence-corrected chi connectivity index (χ3v) is 1.89. The van der Waals surface area contributed by atoms with Gasteiger partial charge in [-0.1, -0.05) is 32.9 Å². The molecular formula is C11H20O. The lowest BCUT2D eigenvalue weighted by Gasteiger charge is -2.04. The van der Waals surface area contributed by atoms with Crippen LogP contribution in [-0.2, 0) is 4.79 Å². The zero-order valence-electron chi connectivity index (χ0n) is 8.52. The molecule has 0 aromatic carbocycles. The van der Waals surface area contributed by atoms with Crippen LogP contribution in [0.25, 0.3) is 0 Å². The lowest BCUT2D eigenvalue weighted by molar-refractivity contribution is -0.119. The Balaban J connectivity index is 3.51. The fourth-order valence-electron chi connectivity index (χ4n) is 1.05. The first kappa shape index (κ1) is 11.4. The van der Waals surface area contributed by atoms with Gasteiger partial charge in [-0.15, -0.1) is 0 Å². The lowest BCUT2D eigenvalue weighted by Crippen LogP contribution is -2.02. The molecule has 0 aromatic heterocycles. The van der Waals surface area contributed by atoms with Gasteiger partial charge in [0.1, 0.15) is 5.78 Å². The first-order valence-electron chi connectivity index (χ1n) is 4.74.